The van der Waals surface area contributed by atoms with Gasteiger partial charge in [-0.3, -0.25) is 9.78 Å². The second-order valence-corrected chi connectivity index (χ2v) is 9.10. The van der Waals surface area contributed by atoms with Crippen LogP contribution in [0.25, 0.3) is 33.2 Å². The molecule has 0 aliphatic heterocycles. The summed E-state index contributed by atoms with van der Waals surface area (Å²) in [6.07, 6.45) is 4.87. The lowest BCUT2D eigenvalue weighted by Gasteiger charge is -2.18. The first-order chi connectivity index (χ1) is 15.9. The molecule has 0 unspecified atom stereocenters. The van der Waals surface area contributed by atoms with E-state index < -0.39 is 0 Å². The predicted molar refractivity (Wildman–Crippen MR) is 137 cm³/mol. The molecule has 0 saturated carbocycles. The van der Waals surface area contributed by atoms with Gasteiger partial charge >= 0.3 is 0 Å². The van der Waals surface area contributed by atoms with Gasteiger partial charge in [0.05, 0.1) is 5.52 Å². The molecule has 33 heavy (non-hydrogen) atoms. The Bertz CT molecular complexity index is 1320. The molecule has 0 spiro atoms. The van der Waals surface area contributed by atoms with Crippen LogP contribution in [0.1, 0.15) is 34.5 Å². The highest BCUT2D eigenvalue weighted by Crippen LogP contribution is 2.40. The molecule has 0 fully saturated rings. The van der Waals surface area contributed by atoms with Crippen molar-refractivity contribution < 1.29 is 4.79 Å². The van der Waals surface area contributed by atoms with Crippen molar-refractivity contribution in [1.82, 2.24) is 14.9 Å². The van der Waals surface area contributed by atoms with E-state index in [1.165, 1.54) is 0 Å². The van der Waals surface area contributed by atoms with Gasteiger partial charge in [0.15, 0.2) is 5.78 Å². The molecule has 4 nitrogen and oxygen atoms in total. The molecule has 2 heterocycles. The van der Waals surface area contributed by atoms with Gasteiger partial charge in [0.1, 0.15) is 5.69 Å². The lowest BCUT2D eigenvalue weighted by atomic mass is 9.89. The quantitative estimate of drug-likeness (QED) is 0.287. The number of hydrogen-bond donors (Lipinski definition) is 0. The molecule has 2 aromatic heterocycles. The molecule has 168 valence electrons. The Balaban J connectivity index is 1.95. The molecular formula is C28H28ClN3O. The van der Waals surface area contributed by atoms with Crippen molar-refractivity contribution in [2.45, 2.75) is 26.7 Å². The van der Waals surface area contributed by atoms with Gasteiger partial charge in [-0.1, -0.05) is 29.8 Å². The number of nitrogens with zero attached hydrogens (tertiary/aromatic N) is 3. The summed E-state index contributed by atoms with van der Waals surface area (Å²) in [5.41, 5.74) is 7.64. The van der Waals surface area contributed by atoms with Crippen LogP contribution in [0.15, 0.2) is 60.9 Å². The van der Waals surface area contributed by atoms with Crippen molar-refractivity contribution >= 4 is 28.3 Å². The first-order valence-corrected chi connectivity index (χ1v) is 11.5. The van der Waals surface area contributed by atoms with Crippen molar-refractivity contribution in [1.29, 1.82) is 0 Å². The van der Waals surface area contributed by atoms with Gasteiger partial charge in [-0.25, -0.2) is 4.98 Å². The van der Waals surface area contributed by atoms with Crippen LogP contribution in [0.5, 0.6) is 0 Å². The molecule has 0 atom stereocenters. The van der Waals surface area contributed by atoms with Gasteiger partial charge in [-0.05, 0) is 99.1 Å². The standard InChI is InChI=1S/C28H28ClN3O/c1-18-16-25-28(19(2)27(18)20-11-13-30-14-12-20)22(21-8-5-6-9-23(21)29)17-24(31-25)26(33)10-7-15-32(3)4/h5-6,8-9,11-14,16-17H,7,10,15H2,1-4H3. The zero-order valence-corrected chi connectivity index (χ0v) is 20.3. The highest BCUT2D eigenvalue weighted by atomic mass is 35.5. The minimum Gasteiger partial charge on any atom is -0.309 e. The van der Waals surface area contributed by atoms with Crippen LogP contribution in [0, 0.1) is 13.8 Å². The number of ketones is 1. The number of benzene rings is 2. The number of halogens is 1. The van der Waals surface area contributed by atoms with Crippen LogP contribution in [-0.2, 0) is 0 Å². The van der Waals surface area contributed by atoms with E-state index in [-0.39, 0.29) is 5.78 Å². The van der Waals surface area contributed by atoms with Crippen LogP contribution >= 0.6 is 11.6 Å². The molecule has 2 aromatic carbocycles. The SMILES string of the molecule is Cc1cc2nc(C(=O)CCCN(C)C)cc(-c3ccccc3Cl)c2c(C)c1-c1ccncc1. The van der Waals surface area contributed by atoms with Crippen LogP contribution in [0.3, 0.4) is 0 Å². The number of aryl methyl sites for hydroxylation is 2. The van der Waals surface area contributed by atoms with Gasteiger partial charge < -0.3 is 4.90 Å². The number of hydrogen-bond acceptors (Lipinski definition) is 4. The van der Waals surface area contributed by atoms with E-state index in [1.807, 2.05) is 56.6 Å². The normalized spacial score (nSPS) is 11.3. The van der Waals surface area contributed by atoms with Crippen LogP contribution in [0.4, 0.5) is 0 Å². The molecule has 0 saturated heterocycles. The Kier molecular flexibility index (Phi) is 6.87. The second-order valence-electron chi connectivity index (χ2n) is 8.69. The smallest absolute Gasteiger partial charge is 0.181 e. The maximum Gasteiger partial charge on any atom is 0.181 e. The molecule has 4 aromatic rings. The van der Waals surface area contributed by atoms with E-state index in [2.05, 4.69) is 29.8 Å². The first kappa shape index (κ1) is 23.1. The number of aromatic nitrogens is 2. The number of fused-ring (bicyclic) bond motifs is 1. The summed E-state index contributed by atoms with van der Waals surface area (Å²) < 4.78 is 0. The lowest BCUT2D eigenvalue weighted by Crippen LogP contribution is -2.14. The molecular weight excluding hydrogens is 430 g/mol. The number of rotatable bonds is 7. The number of pyridine rings is 2. The van der Waals surface area contributed by atoms with E-state index in [4.69, 9.17) is 16.6 Å². The summed E-state index contributed by atoms with van der Waals surface area (Å²) in [6, 6.07) is 15.8. The molecule has 4 rings (SSSR count). The minimum absolute atomic E-state index is 0.0561. The summed E-state index contributed by atoms with van der Waals surface area (Å²) in [5.74, 6) is 0.0561. The van der Waals surface area contributed by atoms with Crippen molar-refractivity contribution in [2.75, 3.05) is 20.6 Å². The van der Waals surface area contributed by atoms with Crippen molar-refractivity contribution in [3.63, 3.8) is 0 Å². The lowest BCUT2D eigenvalue weighted by molar-refractivity contribution is 0.0973. The topological polar surface area (TPSA) is 46.1 Å². The Labute approximate surface area is 200 Å². The zero-order chi connectivity index (χ0) is 23.5. The first-order valence-electron chi connectivity index (χ1n) is 11.1. The third kappa shape index (κ3) is 4.82. The molecule has 0 amide bonds. The maximum atomic E-state index is 13.1. The Morgan fingerprint density at radius 2 is 1.73 bits per heavy atom. The minimum atomic E-state index is 0.0561. The predicted octanol–water partition coefficient (Wildman–Crippen LogP) is 6.76. The van der Waals surface area contributed by atoms with Crippen LogP contribution in [-0.4, -0.2) is 41.3 Å². The van der Waals surface area contributed by atoms with E-state index in [1.54, 1.807) is 12.4 Å². The summed E-state index contributed by atoms with van der Waals surface area (Å²) in [6.45, 7) is 5.07. The molecule has 0 bridgehead atoms. The number of Topliss-reactive ketones (excluding diaryl/α,β-unsaturated/α-hetero) is 1. The molecule has 0 aliphatic rings. The van der Waals surface area contributed by atoms with Gasteiger partial charge in [-0.2, -0.15) is 0 Å². The third-order valence-electron chi connectivity index (χ3n) is 5.97. The summed E-state index contributed by atoms with van der Waals surface area (Å²) >= 11 is 6.63. The fourth-order valence-electron chi connectivity index (χ4n) is 4.44. The molecule has 0 aliphatic carbocycles. The van der Waals surface area contributed by atoms with Gasteiger partial charge in [0, 0.05) is 34.8 Å². The fraction of sp³-hybridized carbons (Fsp3) is 0.250. The third-order valence-corrected chi connectivity index (χ3v) is 6.30. The van der Waals surface area contributed by atoms with Gasteiger partial charge in [-0.15, -0.1) is 0 Å². The van der Waals surface area contributed by atoms with Crippen LogP contribution < -0.4 is 0 Å². The monoisotopic (exact) mass is 457 g/mol. The van der Waals surface area contributed by atoms with Gasteiger partial charge in [0.25, 0.3) is 0 Å². The highest BCUT2D eigenvalue weighted by molar-refractivity contribution is 6.33. The van der Waals surface area contributed by atoms with Crippen molar-refractivity contribution in [3.8, 4) is 22.3 Å². The average molecular weight is 458 g/mol. The maximum absolute atomic E-state index is 13.1. The second kappa shape index (κ2) is 9.82. The van der Waals surface area contributed by atoms with E-state index >= 15 is 0 Å². The number of carbonyl (C=O) groups excluding carboxylic acids is 1. The number of carbonyl (C=O) groups is 1. The summed E-state index contributed by atoms with van der Waals surface area (Å²) in [7, 11) is 4.03. The van der Waals surface area contributed by atoms with Crippen molar-refractivity contribution in [2.24, 2.45) is 0 Å². The fourth-order valence-corrected chi connectivity index (χ4v) is 4.68. The molecule has 5 heteroatoms. The average Bonchev–Trinajstić information content (AvgIpc) is 2.79. The summed E-state index contributed by atoms with van der Waals surface area (Å²) in [5, 5.41) is 1.67. The van der Waals surface area contributed by atoms with Gasteiger partial charge in [0.2, 0.25) is 0 Å². The van der Waals surface area contributed by atoms with E-state index in [0.717, 1.165) is 57.2 Å². The summed E-state index contributed by atoms with van der Waals surface area (Å²) in [4.78, 5) is 24.2. The Morgan fingerprint density at radius 3 is 2.42 bits per heavy atom. The van der Waals surface area contributed by atoms with Crippen molar-refractivity contribution in [3.05, 3.63) is 82.8 Å². The Morgan fingerprint density at radius 1 is 1.00 bits per heavy atom. The largest absolute Gasteiger partial charge is 0.309 e. The molecule has 0 N–H and O–H groups in total. The Hall–Kier alpha value is -3.08. The zero-order valence-electron chi connectivity index (χ0n) is 19.5. The van der Waals surface area contributed by atoms with E-state index in [0.29, 0.717) is 17.1 Å². The highest BCUT2D eigenvalue weighted by Gasteiger charge is 2.19. The van der Waals surface area contributed by atoms with E-state index in [9.17, 15) is 4.79 Å². The molecule has 0 radical (unpaired) electrons. The van der Waals surface area contributed by atoms with Crippen LogP contribution in [0.2, 0.25) is 5.02 Å².